The maximum Gasteiger partial charge on any atom is 0.338 e. The van der Waals surface area contributed by atoms with E-state index in [2.05, 4.69) is 0 Å². The van der Waals surface area contributed by atoms with Crippen molar-refractivity contribution in [1.29, 1.82) is 0 Å². The van der Waals surface area contributed by atoms with Crippen LogP contribution in [0.1, 0.15) is 21.5 Å². The lowest BCUT2D eigenvalue weighted by atomic mass is 10.1. The molecule has 19 heavy (non-hydrogen) atoms. The van der Waals surface area contributed by atoms with Crippen LogP contribution in [-0.2, 0) is 4.74 Å². The first-order valence-corrected chi connectivity index (χ1v) is 6.21. The molecule has 2 aromatic rings. The minimum Gasteiger partial charge on any atom is -0.458 e. The fraction of sp³-hybridized carbons (Fsp3) is 0.118. The van der Waals surface area contributed by atoms with Crippen LogP contribution in [0.5, 0.6) is 0 Å². The highest BCUT2D eigenvalue weighted by atomic mass is 16.5. The van der Waals surface area contributed by atoms with Crippen LogP contribution in [0.15, 0.2) is 60.7 Å². The number of aryl methyl sites for hydroxylation is 1. The van der Waals surface area contributed by atoms with Crippen molar-refractivity contribution >= 4 is 12.0 Å². The van der Waals surface area contributed by atoms with Crippen LogP contribution in [0, 0.1) is 6.92 Å². The van der Waals surface area contributed by atoms with Crippen molar-refractivity contribution in [2.75, 3.05) is 6.61 Å². The van der Waals surface area contributed by atoms with Gasteiger partial charge in [0, 0.05) is 0 Å². The highest BCUT2D eigenvalue weighted by Crippen LogP contribution is 2.05. The zero-order chi connectivity index (χ0) is 13.5. The zero-order valence-electron chi connectivity index (χ0n) is 10.9. The Hall–Kier alpha value is -2.35. The third-order valence-electron chi connectivity index (χ3n) is 2.71. The summed E-state index contributed by atoms with van der Waals surface area (Å²) < 4.78 is 5.16. The lowest BCUT2D eigenvalue weighted by Crippen LogP contribution is -2.04. The van der Waals surface area contributed by atoms with Crippen molar-refractivity contribution in [2.45, 2.75) is 6.92 Å². The summed E-state index contributed by atoms with van der Waals surface area (Å²) in [5, 5.41) is 0. The zero-order valence-corrected chi connectivity index (χ0v) is 10.9. The van der Waals surface area contributed by atoms with E-state index in [9.17, 15) is 4.79 Å². The molecule has 0 saturated carbocycles. The monoisotopic (exact) mass is 252 g/mol. The number of carbonyl (C=O) groups excluding carboxylic acids is 1. The highest BCUT2D eigenvalue weighted by Gasteiger charge is 2.04. The molecule has 0 bridgehead atoms. The first-order valence-electron chi connectivity index (χ1n) is 6.21. The van der Waals surface area contributed by atoms with Crippen molar-refractivity contribution in [2.24, 2.45) is 0 Å². The molecule has 0 unspecified atom stereocenters. The van der Waals surface area contributed by atoms with Gasteiger partial charge in [-0.1, -0.05) is 54.1 Å². The number of esters is 1. The molecule has 0 heterocycles. The molecule has 96 valence electrons. The number of ether oxygens (including phenoxy) is 1. The quantitative estimate of drug-likeness (QED) is 0.772. The normalized spacial score (nSPS) is 10.6. The lowest BCUT2D eigenvalue weighted by Gasteiger charge is -2.02. The summed E-state index contributed by atoms with van der Waals surface area (Å²) >= 11 is 0. The first kappa shape index (κ1) is 13.1. The van der Waals surface area contributed by atoms with Crippen LogP contribution in [0.4, 0.5) is 0 Å². The SMILES string of the molecule is Cc1ccc(C(=O)OCC=Cc2ccccc2)cc1. The van der Waals surface area contributed by atoms with Crippen LogP contribution >= 0.6 is 0 Å². The Bertz CT molecular complexity index is 554. The maximum atomic E-state index is 11.7. The second kappa shape index (κ2) is 6.55. The van der Waals surface area contributed by atoms with Crippen LogP contribution in [-0.4, -0.2) is 12.6 Å². The number of hydrogen-bond donors (Lipinski definition) is 0. The standard InChI is InChI=1S/C17H16O2/c1-14-9-11-16(12-10-14)17(18)19-13-5-8-15-6-3-2-4-7-15/h2-12H,13H2,1H3. The van der Waals surface area contributed by atoms with Gasteiger partial charge in [-0.2, -0.15) is 0 Å². The van der Waals surface area contributed by atoms with Gasteiger partial charge in [-0.05, 0) is 30.7 Å². The van der Waals surface area contributed by atoms with Gasteiger partial charge in [0.15, 0.2) is 0 Å². The Morgan fingerprint density at radius 3 is 2.42 bits per heavy atom. The number of carbonyl (C=O) groups is 1. The van der Waals surface area contributed by atoms with Gasteiger partial charge in [-0.25, -0.2) is 4.79 Å². The van der Waals surface area contributed by atoms with Crippen molar-refractivity contribution < 1.29 is 9.53 Å². The van der Waals surface area contributed by atoms with E-state index in [4.69, 9.17) is 4.74 Å². The minimum absolute atomic E-state index is 0.279. The van der Waals surface area contributed by atoms with Gasteiger partial charge in [-0.3, -0.25) is 0 Å². The summed E-state index contributed by atoms with van der Waals surface area (Å²) in [4.78, 5) is 11.7. The Morgan fingerprint density at radius 2 is 1.74 bits per heavy atom. The van der Waals surface area contributed by atoms with Crippen LogP contribution in [0.2, 0.25) is 0 Å². The van der Waals surface area contributed by atoms with E-state index in [1.54, 1.807) is 12.1 Å². The molecule has 0 spiro atoms. The molecule has 2 aromatic carbocycles. The first-order chi connectivity index (χ1) is 9.25. The molecule has 0 saturated heterocycles. The molecule has 0 N–H and O–H groups in total. The predicted molar refractivity (Wildman–Crippen MR) is 76.9 cm³/mol. The molecule has 0 aliphatic carbocycles. The summed E-state index contributed by atoms with van der Waals surface area (Å²) in [6.45, 7) is 2.26. The van der Waals surface area contributed by atoms with Gasteiger partial charge in [0.05, 0.1) is 5.56 Å². The minimum atomic E-state index is -0.294. The van der Waals surface area contributed by atoms with Crippen molar-refractivity contribution in [1.82, 2.24) is 0 Å². The Labute approximate surface area is 113 Å². The molecule has 0 radical (unpaired) electrons. The molecular formula is C17H16O2. The molecule has 2 rings (SSSR count). The lowest BCUT2D eigenvalue weighted by molar-refractivity contribution is 0.0550. The molecule has 0 fully saturated rings. The second-order valence-corrected chi connectivity index (χ2v) is 4.28. The smallest absolute Gasteiger partial charge is 0.338 e. The third kappa shape index (κ3) is 4.11. The van der Waals surface area contributed by atoms with Gasteiger partial charge in [0.25, 0.3) is 0 Å². The summed E-state index contributed by atoms with van der Waals surface area (Å²) in [7, 11) is 0. The van der Waals surface area contributed by atoms with Crippen LogP contribution in [0.25, 0.3) is 6.08 Å². The van der Waals surface area contributed by atoms with E-state index in [1.165, 1.54) is 0 Å². The molecule has 0 amide bonds. The third-order valence-corrected chi connectivity index (χ3v) is 2.71. The van der Waals surface area contributed by atoms with Gasteiger partial charge >= 0.3 is 5.97 Å². The average Bonchev–Trinajstić information content (AvgIpc) is 2.45. The van der Waals surface area contributed by atoms with Crippen LogP contribution < -0.4 is 0 Å². The summed E-state index contributed by atoms with van der Waals surface area (Å²) in [5.74, 6) is -0.294. The molecule has 0 aliphatic heterocycles. The van der Waals surface area contributed by atoms with Gasteiger partial charge in [0.2, 0.25) is 0 Å². The molecule has 2 nitrogen and oxygen atoms in total. The molecule has 0 atom stereocenters. The predicted octanol–water partition coefficient (Wildman–Crippen LogP) is 3.87. The summed E-state index contributed by atoms with van der Waals surface area (Å²) in [6, 6.07) is 17.3. The Morgan fingerprint density at radius 1 is 1.05 bits per heavy atom. The van der Waals surface area contributed by atoms with E-state index < -0.39 is 0 Å². The van der Waals surface area contributed by atoms with E-state index >= 15 is 0 Å². The fourth-order valence-corrected chi connectivity index (χ4v) is 1.65. The largest absolute Gasteiger partial charge is 0.458 e. The number of hydrogen-bond acceptors (Lipinski definition) is 2. The van der Waals surface area contributed by atoms with Gasteiger partial charge < -0.3 is 4.74 Å². The second-order valence-electron chi connectivity index (χ2n) is 4.28. The fourth-order valence-electron chi connectivity index (χ4n) is 1.65. The molecule has 0 aliphatic rings. The number of benzene rings is 2. The average molecular weight is 252 g/mol. The van der Waals surface area contributed by atoms with E-state index in [-0.39, 0.29) is 12.6 Å². The Balaban J connectivity index is 1.84. The summed E-state index contributed by atoms with van der Waals surface area (Å²) in [6.07, 6.45) is 3.77. The Kier molecular flexibility index (Phi) is 4.51. The maximum absolute atomic E-state index is 11.7. The highest BCUT2D eigenvalue weighted by molar-refractivity contribution is 5.89. The number of rotatable bonds is 4. The van der Waals surface area contributed by atoms with E-state index in [1.807, 2.05) is 61.5 Å². The van der Waals surface area contributed by atoms with Crippen molar-refractivity contribution in [3.8, 4) is 0 Å². The van der Waals surface area contributed by atoms with Crippen LogP contribution in [0.3, 0.4) is 0 Å². The van der Waals surface area contributed by atoms with Gasteiger partial charge in [-0.15, -0.1) is 0 Å². The molecular weight excluding hydrogens is 236 g/mol. The van der Waals surface area contributed by atoms with Crippen molar-refractivity contribution in [3.05, 3.63) is 77.4 Å². The molecule has 0 aromatic heterocycles. The summed E-state index contributed by atoms with van der Waals surface area (Å²) in [5.41, 5.74) is 2.80. The molecule has 2 heteroatoms. The van der Waals surface area contributed by atoms with E-state index in [0.29, 0.717) is 5.56 Å². The van der Waals surface area contributed by atoms with Crippen molar-refractivity contribution in [3.63, 3.8) is 0 Å². The van der Waals surface area contributed by atoms with Gasteiger partial charge in [0.1, 0.15) is 6.61 Å². The van der Waals surface area contributed by atoms with E-state index in [0.717, 1.165) is 11.1 Å². The topological polar surface area (TPSA) is 26.3 Å².